The van der Waals surface area contributed by atoms with Gasteiger partial charge in [-0.1, -0.05) is 139 Å². The van der Waals surface area contributed by atoms with Crippen LogP contribution >= 0.6 is 0 Å². The van der Waals surface area contributed by atoms with E-state index in [2.05, 4.69) is 9.97 Å². The van der Waals surface area contributed by atoms with Crippen LogP contribution in [0.1, 0.15) is 24.7 Å². The van der Waals surface area contributed by atoms with Crippen LogP contribution in [-0.4, -0.2) is 15.0 Å². The molecular weight excluding hydrogens is 550 g/mol. The summed E-state index contributed by atoms with van der Waals surface area (Å²) in [5.41, 5.74) is -0.954. The molecule has 0 atom stereocenters. The SMILES string of the molecule is [2H]c1c([2H])c([2H])c(-c2nc(-c3c([2H])c([2H])c([2H])c4c(-c5c([2H])c([2H])c([2H])c6c([2H])c([2H])c([2H])c([2H])c56)c([2H])c([2H])c([2H])c34)nc(-c3cccc4oc5ccccc5c34)n2)c([2H])c1[2H]. The van der Waals surface area contributed by atoms with Crippen LogP contribution in [0, 0.1) is 0 Å². The van der Waals surface area contributed by atoms with Gasteiger partial charge in [-0.25, -0.2) is 15.0 Å². The van der Waals surface area contributed by atoms with Crippen LogP contribution in [0.2, 0.25) is 0 Å². The minimum Gasteiger partial charge on any atom is -0.456 e. The molecule has 0 saturated carbocycles. The Balaban J connectivity index is 1.49. The maximum atomic E-state index is 9.28. The lowest BCUT2D eigenvalue weighted by Crippen LogP contribution is -2.01. The molecule has 0 aliphatic heterocycles. The molecule has 9 rings (SSSR count). The molecule has 0 unspecified atom stereocenters. The van der Waals surface area contributed by atoms with Crippen molar-refractivity contribution in [3.63, 3.8) is 0 Å². The zero-order valence-corrected chi connectivity index (χ0v) is 22.8. The van der Waals surface area contributed by atoms with E-state index >= 15 is 0 Å². The number of benzene rings is 7. The first-order valence-electron chi connectivity index (χ1n) is 22.6. The van der Waals surface area contributed by atoms with Crippen molar-refractivity contribution in [3.05, 3.63) is 151 Å². The summed E-state index contributed by atoms with van der Waals surface area (Å²) in [4.78, 5) is 13.8. The van der Waals surface area contributed by atoms with E-state index in [9.17, 15) is 4.11 Å². The van der Waals surface area contributed by atoms with E-state index < -0.39 is 164 Å². The summed E-state index contributed by atoms with van der Waals surface area (Å²) in [7, 11) is 0. The topological polar surface area (TPSA) is 51.8 Å². The van der Waals surface area contributed by atoms with Gasteiger partial charge in [0.25, 0.3) is 0 Å². The van der Waals surface area contributed by atoms with Gasteiger partial charge in [-0.3, -0.25) is 0 Å². The standard InChI is InChI=1S/C41H25N3O/c1-2-13-27(14-3-1)39-42-40(44-41(43-39)35-23-11-25-37-38(35)34-17-6-7-24-36(34)45-37)33-22-10-20-31-30(19-9-21-32(31)33)29-18-8-15-26-12-4-5-16-28(26)29/h1-25H/i1D,2D,3D,4D,5D,8D,9D,10D,12D,13D,14D,15D,16D,18D,19D,20D,21D,22D. The average Bonchev–Trinajstić information content (AvgIpc) is 3.66. The van der Waals surface area contributed by atoms with E-state index in [1.54, 1.807) is 42.5 Å². The lowest BCUT2D eigenvalue weighted by molar-refractivity contribution is 0.669. The zero-order chi connectivity index (χ0) is 45.4. The van der Waals surface area contributed by atoms with Gasteiger partial charge in [-0.2, -0.15) is 0 Å². The van der Waals surface area contributed by atoms with Crippen LogP contribution in [0.25, 0.3) is 88.8 Å². The van der Waals surface area contributed by atoms with Crippen molar-refractivity contribution in [2.45, 2.75) is 0 Å². The molecule has 210 valence electrons. The fourth-order valence-electron chi connectivity index (χ4n) is 5.34. The maximum Gasteiger partial charge on any atom is 0.164 e. The maximum absolute atomic E-state index is 9.28. The lowest BCUT2D eigenvalue weighted by Gasteiger charge is -2.14. The van der Waals surface area contributed by atoms with Gasteiger partial charge >= 0.3 is 0 Å². The van der Waals surface area contributed by atoms with E-state index in [0.29, 0.717) is 21.9 Å². The van der Waals surface area contributed by atoms with E-state index in [0.717, 1.165) is 0 Å². The van der Waals surface area contributed by atoms with Gasteiger partial charge in [-0.15, -0.1) is 0 Å². The highest BCUT2D eigenvalue weighted by Crippen LogP contribution is 2.39. The Morgan fingerprint density at radius 2 is 1.02 bits per heavy atom. The average molecular weight is 594 g/mol. The van der Waals surface area contributed by atoms with Gasteiger partial charge < -0.3 is 4.42 Å². The van der Waals surface area contributed by atoms with E-state index in [1.807, 2.05) is 0 Å². The summed E-state index contributed by atoms with van der Waals surface area (Å²) in [5.74, 6) is -1.23. The molecule has 4 heteroatoms. The number of aromatic nitrogens is 3. The van der Waals surface area contributed by atoms with Crippen LogP contribution in [0.3, 0.4) is 0 Å². The summed E-state index contributed by atoms with van der Waals surface area (Å²) < 4.78 is 164. The van der Waals surface area contributed by atoms with Gasteiger partial charge in [-0.05, 0) is 44.8 Å². The van der Waals surface area contributed by atoms with Crippen molar-refractivity contribution in [3.8, 4) is 45.3 Å². The normalized spacial score (nSPS) is 17.2. The highest BCUT2D eigenvalue weighted by atomic mass is 16.3. The monoisotopic (exact) mass is 593 g/mol. The second-order valence-electron chi connectivity index (χ2n) is 9.83. The lowest BCUT2D eigenvalue weighted by atomic mass is 9.92. The second-order valence-corrected chi connectivity index (χ2v) is 9.83. The quantitative estimate of drug-likeness (QED) is 0.204. The third kappa shape index (κ3) is 4.19. The molecular formula is C41H25N3O. The number of rotatable bonds is 4. The van der Waals surface area contributed by atoms with Crippen molar-refractivity contribution in [1.82, 2.24) is 15.0 Å². The highest BCUT2D eigenvalue weighted by molar-refractivity contribution is 6.12. The van der Waals surface area contributed by atoms with Crippen LogP contribution in [0.15, 0.2) is 156 Å². The number of nitrogens with zero attached hydrogens (tertiary/aromatic N) is 3. The molecule has 0 N–H and O–H groups in total. The van der Waals surface area contributed by atoms with Crippen molar-refractivity contribution < 1.29 is 29.1 Å². The Kier molecular flexibility index (Phi) is 3.02. The molecule has 0 aliphatic carbocycles. The first kappa shape index (κ1) is 13.2. The molecule has 0 amide bonds. The van der Waals surface area contributed by atoms with Gasteiger partial charge in [0.15, 0.2) is 17.5 Å². The highest BCUT2D eigenvalue weighted by Gasteiger charge is 2.19. The number of para-hydroxylation sites is 1. The van der Waals surface area contributed by atoms with Crippen molar-refractivity contribution in [2.75, 3.05) is 0 Å². The third-order valence-electron chi connectivity index (χ3n) is 7.29. The first-order valence-corrected chi connectivity index (χ1v) is 13.6. The Hall–Kier alpha value is -6.13. The molecule has 0 fully saturated rings. The summed E-state index contributed by atoms with van der Waals surface area (Å²) in [6.45, 7) is 0. The van der Waals surface area contributed by atoms with E-state index in [1.165, 1.54) is 0 Å². The molecule has 7 aromatic carbocycles. The largest absolute Gasteiger partial charge is 0.456 e. The molecule has 4 nitrogen and oxygen atoms in total. The summed E-state index contributed by atoms with van der Waals surface area (Å²) in [6, 6.07) is -1.88. The minimum atomic E-state index is -0.861. The number of hydrogen-bond acceptors (Lipinski definition) is 4. The Morgan fingerprint density at radius 1 is 0.422 bits per heavy atom. The predicted molar refractivity (Wildman–Crippen MR) is 184 cm³/mol. The third-order valence-corrected chi connectivity index (χ3v) is 7.29. The van der Waals surface area contributed by atoms with E-state index in [4.69, 9.17) is 30.0 Å². The predicted octanol–water partition coefficient (Wildman–Crippen LogP) is 10.7. The van der Waals surface area contributed by atoms with Crippen LogP contribution in [-0.2, 0) is 0 Å². The molecule has 2 aromatic heterocycles. The zero-order valence-electron chi connectivity index (χ0n) is 40.8. The van der Waals surface area contributed by atoms with Gasteiger partial charge in [0, 0.05) is 27.5 Å². The fraction of sp³-hybridized carbons (Fsp3) is 0. The van der Waals surface area contributed by atoms with E-state index in [-0.39, 0.29) is 11.4 Å². The van der Waals surface area contributed by atoms with Crippen molar-refractivity contribution >= 4 is 43.5 Å². The minimum absolute atomic E-state index is 0.191. The molecule has 0 bridgehead atoms. The summed E-state index contributed by atoms with van der Waals surface area (Å²) >= 11 is 0. The summed E-state index contributed by atoms with van der Waals surface area (Å²) in [5, 5.41) is -0.888. The van der Waals surface area contributed by atoms with Gasteiger partial charge in [0.1, 0.15) is 11.2 Å². The Labute approximate surface area is 284 Å². The van der Waals surface area contributed by atoms with Crippen LogP contribution < -0.4 is 0 Å². The van der Waals surface area contributed by atoms with Crippen molar-refractivity contribution in [1.29, 1.82) is 0 Å². The molecule has 0 saturated heterocycles. The summed E-state index contributed by atoms with van der Waals surface area (Å²) in [6.07, 6.45) is 0. The van der Waals surface area contributed by atoms with Gasteiger partial charge in [0.2, 0.25) is 0 Å². The Bertz CT molecular complexity index is 3540. The molecule has 0 aliphatic rings. The van der Waals surface area contributed by atoms with Crippen LogP contribution in [0.4, 0.5) is 0 Å². The number of hydrogen-bond donors (Lipinski definition) is 0. The second kappa shape index (κ2) is 10.2. The van der Waals surface area contributed by atoms with Crippen LogP contribution in [0.5, 0.6) is 0 Å². The molecule has 0 radical (unpaired) electrons. The molecule has 45 heavy (non-hydrogen) atoms. The molecule has 9 aromatic rings. The fourth-order valence-corrected chi connectivity index (χ4v) is 5.34. The molecule has 0 spiro atoms. The van der Waals surface area contributed by atoms with Crippen molar-refractivity contribution in [2.24, 2.45) is 0 Å². The number of furan rings is 1. The molecule has 2 heterocycles. The van der Waals surface area contributed by atoms with Gasteiger partial charge in [0.05, 0.1) is 24.7 Å². The first-order chi connectivity index (χ1) is 29.8. The number of fused-ring (bicyclic) bond motifs is 5. The smallest absolute Gasteiger partial charge is 0.164 e. The Morgan fingerprint density at radius 3 is 1.89 bits per heavy atom.